The predicted molar refractivity (Wildman–Crippen MR) is 77.7 cm³/mol. The van der Waals surface area contributed by atoms with Crippen molar-refractivity contribution in [1.82, 2.24) is 20.0 Å². The van der Waals surface area contributed by atoms with Crippen LogP contribution in [0.4, 0.5) is 0 Å². The molecule has 6 heteroatoms. The molecule has 1 fully saturated rings. The normalized spacial score (nSPS) is 14.7. The Balaban J connectivity index is 1.45. The number of hydrogen-bond acceptors (Lipinski definition) is 3. The number of halogens is 1. The number of rotatable bonds is 6. The molecule has 106 valence electrons. The minimum absolute atomic E-state index is 0.127. The van der Waals surface area contributed by atoms with E-state index in [0.717, 1.165) is 24.2 Å². The van der Waals surface area contributed by atoms with Crippen LogP contribution in [-0.4, -0.2) is 27.9 Å². The van der Waals surface area contributed by atoms with E-state index < -0.39 is 0 Å². The molecule has 2 aromatic heterocycles. The highest BCUT2D eigenvalue weighted by Crippen LogP contribution is 2.18. The van der Waals surface area contributed by atoms with Gasteiger partial charge in [-0.05, 0) is 25.0 Å². The lowest BCUT2D eigenvalue weighted by molar-refractivity contribution is -0.121. The highest BCUT2D eigenvalue weighted by molar-refractivity contribution is 6.30. The Morgan fingerprint density at radius 3 is 3.05 bits per heavy atom. The van der Waals surface area contributed by atoms with Gasteiger partial charge in [0.15, 0.2) is 0 Å². The summed E-state index contributed by atoms with van der Waals surface area (Å²) in [7, 11) is 0. The van der Waals surface area contributed by atoms with E-state index in [2.05, 4.69) is 15.6 Å². The largest absolute Gasteiger partial charge is 0.353 e. The van der Waals surface area contributed by atoms with Crippen LogP contribution in [0.2, 0.25) is 5.02 Å². The molecule has 0 atom stereocenters. The summed E-state index contributed by atoms with van der Waals surface area (Å²) in [5, 5.41) is 6.89. The number of nitrogens with zero attached hydrogens (tertiary/aromatic N) is 2. The van der Waals surface area contributed by atoms with E-state index in [4.69, 9.17) is 11.6 Å². The predicted octanol–water partition coefficient (Wildman–Crippen LogP) is 1.75. The summed E-state index contributed by atoms with van der Waals surface area (Å²) in [5.74, 6) is 0.127. The van der Waals surface area contributed by atoms with E-state index in [1.807, 2.05) is 28.9 Å². The fourth-order valence-electron chi connectivity index (χ4n) is 2.05. The number of nitrogens with one attached hydrogen (secondary N) is 2. The molecule has 5 nitrogen and oxygen atoms in total. The van der Waals surface area contributed by atoms with Crippen LogP contribution in [0.15, 0.2) is 24.5 Å². The lowest BCUT2D eigenvalue weighted by Crippen LogP contribution is -2.29. The number of hydrogen-bond donors (Lipinski definition) is 2. The maximum absolute atomic E-state index is 11.5. The Bertz CT molecular complexity index is 621. The second-order valence-electron chi connectivity index (χ2n) is 5.11. The van der Waals surface area contributed by atoms with Gasteiger partial charge < -0.3 is 15.0 Å². The number of pyridine rings is 1. The van der Waals surface area contributed by atoms with Crippen LogP contribution in [0.25, 0.3) is 5.65 Å². The van der Waals surface area contributed by atoms with Crippen LogP contribution < -0.4 is 10.6 Å². The molecule has 0 bridgehead atoms. The molecule has 1 aliphatic carbocycles. The Labute approximate surface area is 122 Å². The second-order valence-corrected chi connectivity index (χ2v) is 5.55. The molecule has 0 saturated heterocycles. The quantitative estimate of drug-likeness (QED) is 0.798. The Morgan fingerprint density at radius 1 is 1.40 bits per heavy atom. The molecule has 0 aliphatic heterocycles. The summed E-state index contributed by atoms with van der Waals surface area (Å²) in [6.45, 7) is 1.31. The molecule has 3 rings (SSSR count). The highest BCUT2D eigenvalue weighted by atomic mass is 35.5. The van der Waals surface area contributed by atoms with E-state index in [9.17, 15) is 4.79 Å². The second kappa shape index (κ2) is 5.81. The fourth-order valence-corrected chi connectivity index (χ4v) is 2.22. The zero-order valence-corrected chi connectivity index (χ0v) is 11.9. The minimum atomic E-state index is 0.127. The van der Waals surface area contributed by atoms with Crippen LogP contribution in [0.1, 0.15) is 25.0 Å². The first-order chi connectivity index (χ1) is 9.70. The Hall–Kier alpha value is -1.59. The monoisotopic (exact) mass is 292 g/mol. The third-order valence-corrected chi connectivity index (χ3v) is 3.47. The molecule has 1 saturated carbocycles. The molecule has 2 N–H and O–H groups in total. The maximum Gasteiger partial charge on any atom is 0.221 e. The molecule has 1 aliphatic rings. The van der Waals surface area contributed by atoms with E-state index in [-0.39, 0.29) is 5.91 Å². The Morgan fingerprint density at radius 2 is 2.25 bits per heavy atom. The van der Waals surface area contributed by atoms with Gasteiger partial charge in [-0.3, -0.25) is 4.79 Å². The minimum Gasteiger partial charge on any atom is -0.353 e. The van der Waals surface area contributed by atoms with Crippen molar-refractivity contribution in [3.8, 4) is 0 Å². The zero-order valence-electron chi connectivity index (χ0n) is 11.1. The topological polar surface area (TPSA) is 58.4 Å². The first-order valence-corrected chi connectivity index (χ1v) is 7.22. The van der Waals surface area contributed by atoms with Crippen molar-refractivity contribution < 1.29 is 4.79 Å². The summed E-state index contributed by atoms with van der Waals surface area (Å²) in [6.07, 6.45) is 6.54. The number of carbonyl (C=O) groups excluding carboxylic acids is 1. The molecule has 20 heavy (non-hydrogen) atoms. The number of imidazole rings is 1. The van der Waals surface area contributed by atoms with E-state index >= 15 is 0 Å². The number of fused-ring (bicyclic) bond motifs is 1. The first-order valence-electron chi connectivity index (χ1n) is 6.84. The summed E-state index contributed by atoms with van der Waals surface area (Å²) in [4.78, 5) is 16.0. The standard InChI is InChI=1S/C14H17ClN4O/c15-10-1-4-13-17-12(9-19(13)8-10)7-16-6-5-14(20)18-11-2-3-11/h1,4,8-9,11,16H,2-3,5-7H2,(H,18,20). The van der Waals surface area contributed by atoms with Crippen LogP contribution in [0.5, 0.6) is 0 Å². The number of carbonyl (C=O) groups is 1. The fraction of sp³-hybridized carbons (Fsp3) is 0.429. The number of amides is 1. The molecule has 2 aromatic rings. The van der Waals surface area contributed by atoms with Crippen molar-refractivity contribution in [1.29, 1.82) is 0 Å². The van der Waals surface area contributed by atoms with Crippen LogP contribution in [0, 0.1) is 0 Å². The molecular weight excluding hydrogens is 276 g/mol. The van der Waals surface area contributed by atoms with Gasteiger partial charge in [-0.2, -0.15) is 0 Å². The summed E-state index contributed by atoms with van der Waals surface area (Å²) in [6, 6.07) is 4.14. The van der Waals surface area contributed by atoms with Gasteiger partial charge in [-0.1, -0.05) is 11.6 Å². The van der Waals surface area contributed by atoms with Crippen molar-refractivity contribution in [3.63, 3.8) is 0 Å². The molecule has 0 aromatic carbocycles. The average molecular weight is 293 g/mol. The van der Waals surface area contributed by atoms with Crippen LogP contribution in [-0.2, 0) is 11.3 Å². The van der Waals surface area contributed by atoms with Gasteiger partial charge in [0, 0.05) is 37.9 Å². The Kier molecular flexibility index (Phi) is 3.89. The van der Waals surface area contributed by atoms with Gasteiger partial charge >= 0.3 is 0 Å². The lowest BCUT2D eigenvalue weighted by atomic mass is 10.3. The maximum atomic E-state index is 11.5. The summed E-state index contributed by atoms with van der Waals surface area (Å²) in [5.41, 5.74) is 1.81. The third-order valence-electron chi connectivity index (χ3n) is 3.24. The smallest absolute Gasteiger partial charge is 0.221 e. The molecule has 1 amide bonds. The molecule has 2 heterocycles. The number of aromatic nitrogens is 2. The van der Waals surface area contributed by atoms with Gasteiger partial charge in [0.25, 0.3) is 0 Å². The molecule has 0 unspecified atom stereocenters. The van der Waals surface area contributed by atoms with Gasteiger partial charge in [-0.25, -0.2) is 4.98 Å². The third kappa shape index (κ3) is 3.49. The molecule has 0 spiro atoms. The van der Waals surface area contributed by atoms with E-state index in [0.29, 0.717) is 30.6 Å². The van der Waals surface area contributed by atoms with Crippen molar-refractivity contribution in [2.24, 2.45) is 0 Å². The van der Waals surface area contributed by atoms with Crippen LogP contribution >= 0.6 is 11.6 Å². The van der Waals surface area contributed by atoms with Crippen molar-refractivity contribution >= 4 is 23.2 Å². The molecular formula is C14H17ClN4O. The SMILES string of the molecule is O=C(CCNCc1cn2cc(Cl)ccc2n1)NC1CC1. The lowest BCUT2D eigenvalue weighted by Gasteiger charge is -2.03. The average Bonchev–Trinajstić information content (AvgIpc) is 3.12. The van der Waals surface area contributed by atoms with Crippen LogP contribution in [0.3, 0.4) is 0 Å². The van der Waals surface area contributed by atoms with Crippen molar-refractivity contribution in [3.05, 3.63) is 35.2 Å². The van der Waals surface area contributed by atoms with Gasteiger partial charge in [0.05, 0.1) is 10.7 Å². The molecule has 0 radical (unpaired) electrons. The van der Waals surface area contributed by atoms with Gasteiger partial charge in [-0.15, -0.1) is 0 Å². The van der Waals surface area contributed by atoms with Gasteiger partial charge in [0.1, 0.15) is 5.65 Å². The summed E-state index contributed by atoms with van der Waals surface area (Å²) < 4.78 is 1.90. The summed E-state index contributed by atoms with van der Waals surface area (Å²) >= 11 is 5.93. The van der Waals surface area contributed by atoms with Crippen molar-refractivity contribution in [2.75, 3.05) is 6.54 Å². The first kappa shape index (κ1) is 13.4. The zero-order chi connectivity index (χ0) is 13.9. The van der Waals surface area contributed by atoms with Crippen molar-refractivity contribution in [2.45, 2.75) is 31.8 Å². The van der Waals surface area contributed by atoms with E-state index in [1.54, 1.807) is 0 Å². The van der Waals surface area contributed by atoms with E-state index in [1.165, 1.54) is 0 Å². The highest BCUT2D eigenvalue weighted by Gasteiger charge is 2.22. The van der Waals surface area contributed by atoms with Gasteiger partial charge in [0.2, 0.25) is 5.91 Å².